The van der Waals surface area contributed by atoms with Gasteiger partial charge in [0.25, 0.3) is 0 Å². The van der Waals surface area contributed by atoms with Crippen molar-refractivity contribution in [3.63, 3.8) is 0 Å². The number of carbonyl (C=O) groups is 2. The van der Waals surface area contributed by atoms with E-state index in [9.17, 15) is 18.0 Å². The molecule has 0 aliphatic carbocycles. The summed E-state index contributed by atoms with van der Waals surface area (Å²) in [5.41, 5.74) is -0.747. The molecular formula is C13H22N2O4S. The summed E-state index contributed by atoms with van der Waals surface area (Å²) in [6.45, 7) is 5.69. The summed E-state index contributed by atoms with van der Waals surface area (Å²) in [6.07, 6.45) is 0.979. The number of sulfone groups is 1. The Hall–Kier alpha value is -1.11. The van der Waals surface area contributed by atoms with Gasteiger partial charge in [0.15, 0.2) is 9.84 Å². The summed E-state index contributed by atoms with van der Waals surface area (Å²) in [5.74, 6) is -0.0417. The van der Waals surface area contributed by atoms with Crippen molar-refractivity contribution in [2.75, 3.05) is 18.1 Å². The van der Waals surface area contributed by atoms with Crippen molar-refractivity contribution in [1.82, 2.24) is 10.2 Å². The lowest BCUT2D eigenvalue weighted by atomic mass is 9.94. The average molecular weight is 302 g/mol. The summed E-state index contributed by atoms with van der Waals surface area (Å²) in [6, 6.07) is -0.531. The fourth-order valence-electron chi connectivity index (χ4n) is 3.01. The monoisotopic (exact) mass is 302 g/mol. The van der Waals surface area contributed by atoms with Crippen LogP contribution in [0.1, 0.15) is 33.6 Å². The fraction of sp³-hybridized carbons (Fsp3) is 0.846. The lowest BCUT2D eigenvalue weighted by Gasteiger charge is -2.42. The molecule has 2 saturated heterocycles. The summed E-state index contributed by atoms with van der Waals surface area (Å²) in [7, 11) is -3.11. The first-order valence-electron chi connectivity index (χ1n) is 6.94. The predicted octanol–water partition coefficient (Wildman–Crippen LogP) is -0.0633. The molecule has 0 aromatic carbocycles. The molecule has 114 valence electrons. The van der Waals surface area contributed by atoms with E-state index in [1.54, 1.807) is 6.92 Å². The van der Waals surface area contributed by atoms with Gasteiger partial charge in [-0.3, -0.25) is 9.59 Å². The largest absolute Gasteiger partial charge is 0.343 e. The first-order chi connectivity index (χ1) is 9.13. The third kappa shape index (κ3) is 2.97. The normalized spacial score (nSPS) is 33.6. The maximum atomic E-state index is 12.5. The van der Waals surface area contributed by atoms with Crippen LogP contribution in [0.4, 0.5) is 0 Å². The van der Waals surface area contributed by atoms with E-state index in [2.05, 4.69) is 5.32 Å². The van der Waals surface area contributed by atoms with E-state index >= 15 is 0 Å². The highest BCUT2D eigenvalue weighted by Gasteiger charge is 2.48. The molecule has 0 spiro atoms. The molecule has 2 aliphatic heterocycles. The molecule has 0 bridgehead atoms. The lowest BCUT2D eigenvalue weighted by Crippen LogP contribution is -2.64. The van der Waals surface area contributed by atoms with Gasteiger partial charge in [-0.1, -0.05) is 13.8 Å². The van der Waals surface area contributed by atoms with Crippen LogP contribution in [0.2, 0.25) is 0 Å². The minimum absolute atomic E-state index is 0.0422. The second-order valence-corrected chi connectivity index (χ2v) is 8.70. The maximum Gasteiger partial charge on any atom is 0.246 e. The summed E-state index contributed by atoms with van der Waals surface area (Å²) in [5, 5.41) is 2.71. The van der Waals surface area contributed by atoms with Crippen LogP contribution in [0.3, 0.4) is 0 Å². The van der Waals surface area contributed by atoms with Crippen molar-refractivity contribution in [2.45, 2.75) is 45.2 Å². The number of carbonyl (C=O) groups excluding carboxylic acids is 2. The second-order valence-electron chi connectivity index (χ2n) is 6.51. The molecule has 20 heavy (non-hydrogen) atoms. The van der Waals surface area contributed by atoms with Crippen molar-refractivity contribution >= 4 is 21.7 Å². The zero-order valence-electron chi connectivity index (χ0n) is 12.2. The van der Waals surface area contributed by atoms with Gasteiger partial charge in [0.2, 0.25) is 11.8 Å². The Labute approximate surface area is 119 Å². The third-order valence-electron chi connectivity index (χ3n) is 4.04. The van der Waals surface area contributed by atoms with Gasteiger partial charge in [0, 0.05) is 0 Å². The van der Waals surface area contributed by atoms with Crippen molar-refractivity contribution < 1.29 is 18.0 Å². The Morgan fingerprint density at radius 2 is 2.05 bits per heavy atom. The van der Waals surface area contributed by atoms with E-state index in [0.29, 0.717) is 12.8 Å². The zero-order chi connectivity index (χ0) is 15.1. The van der Waals surface area contributed by atoms with E-state index in [0.717, 1.165) is 0 Å². The van der Waals surface area contributed by atoms with Crippen molar-refractivity contribution in [3.8, 4) is 0 Å². The standard InChI is InChI=1S/C13H22N2O4S/c1-9(2)6-10-12(17)15(7-11(16)14-10)13(3)4-5-20(18,19)8-13/h9-10H,4-8H2,1-3H3,(H,14,16). The van der Waals surface area contributed by atoms with E-state index in [4.69, 9.17) is 0 Å². The molecule has 0 saturated carbocycles. The lowest BCUT2D eigenvalue weighted by molar-refractivity contribution is -0.149. The molecule has 2 aliphatic rings. The predicted molar refractivity (Wildman–Crippen MR) is 74.8 cm³/mol. The van der Waals surface area contributed by atoms with Crippen molar-refractivity contribution in [3.05, 3.63) is 0 Å². The molecule has 2 amide bonds. The first kappa shape index (κ1) is 15.3. The summed E-state index contributed by atoms with van der Waals surface area (Å²) >= 11 is 0. The van der Waals surface area contributed by atoms with Crippen molar-refractivity contribution in [1.29, 1.82) is 0 Å². The van der Waals surface area contributed by atoms with Crippen LogP contribution in [0.15, 0.2) is 0 Å². The highest BCUT2D eigenvalue weighted by atomic mass is 32.2. The van der Waals surface area contributed by atoms with Crippen molar-refractivity contribution in [2.24, 2.45) is 5.92 Å². The van der Waals surface area contributed by atoms with Gasteiger partial charge in [0.05, 0.1) is 17.0 Å². The van der Waals surface area contributed by atoms with Crippen LogP contribution in [0.25, 0.3) is 0 Å². The number of nitrogens with zero attached hydrogens (tertiary/aromatic N) is 1. The van der Waals surface area contributed by atoms with E-state index in [1.807, 2.05) is 13.8 Å². The quantitative estimate of drug-likeness (QED) is 0.791. The SMILES string of the molecule is CC(C)CC1NC(=O)CN(C2(C)CCS(=O)(=O)C2)C1=O. The molecular weight excluding hydrogens is 280 g/mol. The van der Waals surface area contributed by atoms with Gasteiger partial charge < -0.3 is 10.2 Å². The Morgan fingerprint density at radius 1 is 1.40 bits per heavy atom. The van der Waals surface area contributed by atoms with Gasteiger partial charge >= 0.3 is 0 Å². The van der Waals surface area contributed by atoms with Gasteiger partial charge in [0.1, 0.15) is 12.6 Å². The minimum atomic E-state index is -3.11. The van der Waals surface area contributed by atoms with E-state index < -0.39 is 21.4 Å². The van der Waals surface area contributed by atoms with E-state index in [-0.39, 0.29) is 35.8 Å². The molecule has 1 N–H and O–H groups in total. The van der Waals surface area contributed by atoms with Gasteiger partial charge in [-0.2, -0.15) is 0 Å². The number of amides is 2. The van der Waals surface area contributed by atoms with Crippen LogP contribution in [0.5, 0.6) is 0 Å². The summed E-state index contributed by atoms with van der Waals surface area (Å²) < 4.78 is 23.4. The number of hydrogen-bond acceptors (Lipinski definition) is 4. The second kappa shape index (κ2) is 5.02. The van der Waals surface area contributed by atoms with Crippen LogP contribution in [-0.4, -0.2) is 54.8 Å². The smallest absolute Gasteiger partial charge is 0.246 e. The van der Waals surface area contributed by atoms with Crippen LogP contribution >= 0.6 is 0 Å². The fourth-order valence-corrected chi connectivity index (χ4v) is 5.15. The van der Waals surface area contributed by atoms with Crippen LogP contribution in [0, 0.1) is 5.92 Å². The topological polar surface area (TPSA) is 83.6 Å². The number of rotatable bonds is 3. The van der Waals surface area contributed by atoms with E-state index in [1.165, 1.54) is 4.90 Å². The molecule has 2 rings (SSSR count). The highest BCUT2D eigenvalue weighted by Crippen LogP contribution is 2.31. The van der Waals surface area contributed by atoms with Crippen LogP contribution < -0.4 is 5.32 Å². The third-order valence-corrected chi connectivity index (χ3v) is 5.93. The molecule has 2 heterocycles. The Morgan fingerprint density at radius 3 is 2.55 bits per heavy atom. The molecule has 7 heteroatoms. The zero-order valence-corrected chi connectivity index (χ0v) is 13.0. The number of piperazine rings is 1. The maximum absolute atomic E-state index is 12.5. The minimum Gasteiger partial charge on any atom is -0.343 e. The molecule has 0 aromatic rings. The average Bonchev–Trinajstić information content (AvgIpc) is 2.58. The molecule has 6 nitrogen and oxygen atoms in total. The Kier molecular flexibility index (Phi) is 3.83. The van der Waals surface area contributed by atoms with Gasteiger partial charge in [-0.15, -0.1) is 0 Å². The first-order valence-corrected chi connectivity index (χ1v) is 8.76. The van der Waals surface area contributed by atoms with Gasteiger partial charge in [-0.05, 0) is 25.7 Å². The molecule has 0 aromatic heterocycles. The highest BCUT2D eigenvalue weighted by molar-refractivity contribution is 7.91. The Bertz CT molecular complexity index is 528. The molecule has 2 fully saturated rings. The summed E-state index contributed by atoms with van der Waals surface area (Å²) in [4.78, 5) is 25.8. The number of nitrogens with one attached hydrogen (secondary N) is 1. The molecule has 2 atom stereocenters. The van der Waals surface area contributed by atoms with Gasteiger partial charge in [-0.25, -0.2) is 8.42 Å². The van der Waals surface area contributed by atoms with Crippen LogP contribution in [-0.2, 0) is 19.4 Å². The number of hydrogen-bond donors (Lipinski definition) is 1. The molecule has 0 radical (unpaired) electrons. The Balaban J connectivity index is 2.22. The molecule has 2 unspecified atom stereocenters.